The van der Waals surface area contributed by atoms with Crippen molar-refractivity contribution in [2.45, 2.75) is 6.92 Å². The van der Waals surface area contributed by atoms with Gasteiger partial charge in [0, 0.05) is 10.9 Å². The van der Waals surface area contributed by atoms with Crippen LogP contribution >= 0.6 is 0 Å². The Bertz CT molecular complexity index is 1070. The Morgan fingerprint density at radius 1 is 0.800 bits per heavy atom. The molecule has 1 heterocycles. The average molecular weight is 331 g/mol. The normalized spacial score (nSPS) is 11.0. The van der Waals surface area contributed by atoms with Crippen LogP contribution in [0, 0.1) is 18.6 Å². The molecule has 4 rings (SSSR count). The van der Waals surface area contributed by atoms with Gasteiger partial charge in [0.05, 0.1) is 16.8 Å². The highest BCUT2D eigenvalue weighted by Crippen LogP contribution is 2.34. The zero-order valence-electron chi connectivity index (χ0n) is 13.6. The molecule has 0 aliphatic rings. The molecule has 3 aromatic carbocycles. The van der Waals surface area contributed by atoms with E-state index in [1.54, 1.807) is 24.3 Å². The van der Waals surface area contributed by atoms with Crippen LogP contribution < -0.4 is 0 Å². The van der Waals surface area contributed by atoms with Crippen molar-refractivity contribution in [3.05, 3.63) is 90.0 Å². The second kappa shape index (κ2) is 6.10. The van der Waals surface area contributed by atoms with Crippen molar-refractivity contribution < 1.29 is 8.78 Å². The molecule has 25 heavy (non-hydrogen) atoms. The number of rotatable bonds is 2. The molecular formula is C22H15F2N. The summed E-state index contributed by atoms with van der Waals surface area (Å²) in [5, 5.41) is 0.995. The fourth-order valence-corrected chi connectivity index (χ4v) is 3.10. The fourth-order valence-electron chi connectivity index (χ4n) is 3.10. The molecule has 4 aromatic rings. The average Bonchev–Trinajstić information content (AvgIpc) is 2.63. The summed E-state index contributed by atoms with van der Waals surface area (Å²) in [6.07, 6.45) is 0. The van der Waals surface area contributed by atoms with E-state index in [0.29, 0.717) is 16.8 Å². The molecule has 0 aliphatic carbocycles. The minimum atomic E-state index is -0.586. The van der Waals surface area contributed by atoms with Gasteiger partial charge in [-0.15, -0.1) is 0 Å². The van der Waals surface area contributed by atoms with E-state index in [4.69, 9.17) is 0 Å². The number of hydrogen-bond acceptors (Lipinski definition) is 1. The van der Waals surface area contributed by atoms with E-state index in [9.17, 15) is 4.39 Å². The highest BCUT2D eigenvalue weighted by atomic mass is 19.1. The summed E-state index contributed by atoms with van der Waals surface area (Å²) in [5.41, 5.74) is 2.97. The van der Waals surface area contributed by atoms with Crippen molar-refractivity contribution >= 4 is 10.9 Å². The van der Waals surface area contributed by atoms with Gasteiger partial charge >= 0.3 is 0 Å². The molecule has 3 heteroatoms. The van der Waals surface area contributed by atoms with E-state index in [1.165, 1.54) is 12.1 Å². The summed E-state index contributed by atoms with van der Waals surface area (Å²) in [6, 6.07) is 21.2. The highest BCUT2D eigenvalue weighted by molar-refractivity contribution is 5.84. The lowest BCUT2D eigenvalue weighted by molar-refractivity contribution is 0.591. The molecule has 0 bridgehead atoms. The van der Waals surface area contributed by atoms with Crippen LogP contribution in [0.3, 0.4) is 0 Å². The van der Waals surface area contributed by atoms with Crippen LogP contribution in [0.25, 0.3) is 33.3 Å². The molecule has 0 saturated heterocycles. The topological polar surface area (TPSA) is 12.9 Å². The van der Waals surface area contributed by atoms with Gasteiger partial charge in [-0.3, -0.25) is 0 Å². The number of pyridine rings is 1. The number of benzene rings is 3. The lowest BCUT2D eigenvalue weighted by atomic mass is 9.97. The quantitative estimate of drug-likeness (QED) is 0.429. The molecule has 0 N–H and O–H groups in total. The number of fused-ring (bicyclic) bond motifs is 1. The molecule has 0 unspecified atom stereocenters. The van der Waals surface area contributed by atoms with E-state index >= 15 is 4.39 Å². The van der Waals surface area contributed by atoms with Gasteiger partial charge in [0.1, 0.15) is 11.6 Å². The van der Waals surface area contributed by atoms with Crippen molar-refractivity contribution in [1.29, 1.82) is 0 Å². The minimum Gasteiger partial charge on any atom is -0.247 e. The second-order valence-corrected chi connectivity index (χ2v) is 6.00. The first-order valence-corrected chi connectivity index (χ1v) is 8.05. The van der Waals surface area contributed by atoms with Crippen LogP contribution in [-0.2, 0) is 0 Å². The minimum absolute atomic E-state index is 0.0209. The number of aryl methyl sites for hydroxylation is 1. The molecule has 1 aromatic heterocycles. The summed E-state index contributed by atoms with van der Waals surface area (Å²) in [4.78, 5) is 4.61. The second-order valence-electron chi connectivity index (χ2n) is 6.00. The van der Waals surface area contributed by atoms with Crippen LogP contribution in [0.15, 0.2) is 72.8 Å². The summed E-state index contributed by atoms with van der Waals surface area (Å²) in [7, 11) is 0. The fraction of sp³-hybridized carbons (Fsp3) is 0.0455. The molecule has 0 radical (unpaired) electrons. The van der Waals surface area contributed by atoms with Gasteiger partial charge in [0.25, 0.3) is 0 Å². The van der Waals surface area contributed by atoms with Gasteiger partial charge in [0.2, 0.25) is 0 Å². The van der Waals surface area contributed by atoms with Crippen molar-refractivity contribution in [3.63, 3.8) is 0 Å². The zero-order valence-corrected chi connectivity index (χ0v) is 13.6. The largest absolute Gasteiger partial charge is 0.247 e. The molecule has 0 fully saturated rings. The number of para-hydroxylation sites is 1. The van der Waals surface area contributed by atoms with Crippen LogP contribution in [0.1, 0.15) is 5.56 Å². The van der Waals surface area contributed by atoms with E-state index in [2.05, 4.69) is 4.98 Å². The molecule has 1 nitrogen and oxygen atoms in total. The third-order valence-corrected chi connectivity index (χ3v) is 4.32. The number of halogens is 2. The van der Waals surface area contributed by atoms with Gasteiger partial charge in [-0.25, -0.2) is 13.8 Å². The maximum absolute atomic E-state index is 15.2. The summed E-state index contributed by atoms with van der Waals surface area (Å²) >= 11 is 0. The Kier molecular flexibility index (Phi) is 3.77. The maximum Gasteiger partial charge on any atom is 0.143 e. The van der Waals surface area contributed by atoms with Gasteiger partial charge < -0.3 is 0 Å². The third-order valence-electron chi connectivity index (χ3n) is 4.32. The van der Waals surface area contributed by atoms with Crippen molar-refractivity contribution in [1.82, 2.24) is 4.98 Å². The van der Waals surface area contributed by atoms with Crippen LogP contribution in [0.4, 0.5) is 8.78 Å². The van der Waals surface area contributed by atoms with Crippen LogP contribution in [0.5, 0.6) is 0 Å². The smallest absolute Gasteiger partial charge is 0.143 e. The SMILES string of the molecule is Cc1cc2ccccc2nc1-c1ccc(F)c(-c2ccccc2)c1F. The van der Waals surface area contributed by atoms with Crippen LogP contribution in [0.2, 0.25) is 0 Å². The van der Waals surface area contributed by atoms with Crippen molar-refractivity contribution in [2.24, 2.45) is 0 Å². The number of hydrogen-bond donors (Lipinski definition) is 0. The predicted molar refractivity (Wildman–Crippen MR) is 97.3 cm³/mol. The molecule has 0 aliphatic heterocycles. The summed E-state index contributed by atoms with van der Waals surface area (Å²) in [6.45, 7) is 1.89. The first-order valence-electron chi connectivity index (χ1n) is 8.05. The standard InChI is InChI=1S/C22H15F2N/c1-14-13-16-9-5-6-10-19(16)25-22(14)17-11-12-18(23)20(21(17)24)15-7-3-2-4-8-15/h2-13H,1H3. The molecule has 0 saturated carbocycles. The van der Waals surface area contributed by atoms with E-state index in [0.717, 1.165) is 16.5 Å². The Labute approximate surface area is 144 Å². The Hall–Kier alpha value is -3.07. The number of nitrogens with zero attached hydrogens (tertiary/aromatic N) is 1. The maximum atomic E-state index is 15.2. The van der Waals surface area contributed by atoms with Gasteiger partial charge in [-0.1, -0.05) is 48.5 Å². The van der Waals surface area contributed by atoms with Crippen LogP contribution in [-0.4, -0.2) is 4.98 Å². The lowest BCUT2D eigenvalue weighted by Crippen LogP contribution is -1.97. The van der Waals surface area contributed by atoms with Gasteiger partial charge in [-0.2, -0.15) is 0 Å². The van der Waals surface area contributed by atoms with E-state index in [1.807, 2.05) is 43.3 Å². The molecule has 0 atom stereocenters. The lowest BCUT2D eigenvalue weighted by Gasteiger charge is -2.12. The first-order chi connectivity index (χ1) is 12.1. The molecule has 122 valence electrons. The predicted octanol–water partition coefficient (Wildman–Crippen LogP) is 6.16. The Morgan fingerprint density at radius 3 is 2.32 bits per heavy atom. The summed E-state index contributed by atoms with van der Waals surface area (Å²) < 4.78 is 29.5. The summed E-state index contributed by atoms with van der Waals surface area (Å²) in [5.74, 6) is -1.16. The molecule has 0 spiro atoms. The highest BCUT2D eigenvalue weighted by Gasteiger charge is 2.18. The van der Waals surface area contributed by atoms with Crippen molar-refractivity contribution in [3.8, 4) is 22.4 Å². The van der Waals surface area contributed by atoms with Gasteiger partial charge in [-0.05, 0) is 42.3 Å². The monoisotopic (exact) mass is 331 g/mol. The Balaban J connectivity index is 1.97. The zero-order chi connectivity index (χ0) is 17.4. The first kappa shape index (κ1) is 15.5. The van der Waals surface area contributed by atoms with Crippen molar-refractivity contribution in [2.75, 3.05) is 0 Å². The van der Waals surface area contributed by atoms with E-state index < -0.39 is 11.6 Å². The molecule has 0 amide bonds. The number of aromatic nitrogens is 1. The van der Waals surface area contributed by atoms with Gasteiger partial charge in [0.15, 0.2) is 0 Å². The third kappa shape index (κ3) is 2.68. The molecular weight excluding hydrogens is 316 g/mol. The van der Waals surface area contributed by atoms with E-state index in [-0.39, 0.29) is 5.56 Å². The Morgan fingerprint density at radius 2 is 1.52 bits per heavy atom.